The molecule has 0 radical (unpaired) electrons. The van der Waals surface area contributed by atoms with Crippen molar-refractivity contribution >= 4 is 18.3 Å². The summed E-state index contributed by atoms with van der Waals surface area (Å²) < 4.78 is 51.1. The first kappa shape index (κ1) is 16.7. The molecule has 112 valence electrons. The summed E-state index contributed by atoms with van der Waals surface area (Å²) in [6, 6.07) is 1.60. The first-order valence-electron chi connectivity index (χ1n) is 5.70. The molecule has 1 aromatic rings. The number of carbonyl (C=O) groups excluding carboxylic acids is 1. The third kappa shape index (κ3) is 3.40. The second-order valence-electron chi connectivity index (χ2n) is 4.49. The highest BCUT2D eigenvalue weighted by Gasteiger charge is 2.33. The zero-order chi connectivity index (χ0) is 14.2. The summed E-state index contributed by atoms with van der Waals surface area (Å²) in [6.07, 6.45) is -4.05. The van der Waals surface area contributed by atoms with E-state index in [1.54, 1.807) is 0 Å². The molecule has 0 aliphatic carbocycles. The van der Waals surface area contributed by atoms with Gasteiger partial charge < -0.3 is 10.6 Å². The highest BCUT2D eigenvalue weighted by atomic mass is 35.5. The van der Waals surface area contributed by atoms with Gasteiger partial charge in [0, 0.05) is 19.1 Å². The molecule has 1 heterocycles. The van der Waals surface area contributed by atoms with Crippen LogP contribution in [0.1, 0.15) is 22.3 Å². The number of carbonyl (C=O) groups is 1. The topological polar surface area (TPSA) is 46.3 Å². The summed E-state index contributed by atoms with van der Waals surface area (Å²) in [4.78, 5) is 13.2. The Labute approximate surface area is 119 Å². The SMILES string of the molecule is Cl.N[C@@H]1CCN(C(=O)c2cc(C(F)(F)F)ccc2F)C1. The first-order chi connectivity index (χ1) is 8.79. The lowest BCUT2D eigenvalue weighted by atomic mass is 10.1. The maximum Gasteiger partial charge on any atom is 0.416 e. The van der Waals surface area contributed by atoms with Crippen molar-refractivity contribution in [1.29, 1.82) is 0 Å². The maximum atomic E-state index is 13.5. The van der Waals surface area contributed by atoms with E-state index < -0.39 is 29.0 Å². The minimum Gasteiger partial charge on any atom is -0.337 e. The Morgan fingerprint density at radius 2 is 2.00 bits per heavy atom. The fourth-order valence-electron chi connectivity index (χ4n) is 2.01. The number of hydrogen-bond donors (Lipinski definition) is 1. The monoisotopic (exact) mass is 312 g/mol. The molecule has 2 N–H and O–H groups in total. The second-order valence-corrected chi connectivity index (χ2v) is 4.49. The molecule has 1 fully saturated rings. The summed E-state index contributed by atoms with van der Waals surface area (Å²) in [6.45, 7) is 0.560. The molecule has 0 aromatic heterocycles. The van der Waals surface area contributed by atoms with Gasteiger partial charge in [-0.2, -0.15) is 13.2 Å². The summed E-state index contributed by atoms with van der Waals surface area (Å²) in [5, 5.41) is 0. The van der Waals surface area contributed by atoms with Gasteiger partial charge in [-0.3, -0.25) is 4.79 Å². The van der Waals surface area contributed by atoms with Crippen LogP contribution in [-0.2, 0) is 6.18 Å². The van der Waals surface area contributed by atoms with Gasteiger partial charge in [0.05, 0.1) is 11.1 Å². The summed E-state index contributed by atoms with van der Waals surface area (Å²) in [5.41, 5.74) is 4.00. The highest BCUT2D eigenvalue weighted by Crippen LogP contribution is 2.30. The van der Waals surface area contributed by atoms with E-state index in [1.807, 2.05) is 0 Å². The summed E-state index contributed by atoms with van der Waals surface area (Å²) in [7, 11) is 0. The second kappa shape index (κ2) is 5.97. The van der Waals surface area contributed by atoms with Gasteiger partial charge in [0.2, 0.25) is 0 Å². The van der Waals surface area contributed by atoms with E-state index in [0.29, 0.717) is 31.2 Å². The minimum absolute atomic E-state index is 0. The number of rotatable bonds is 1. The zero-order valence-electron chi connectivity index (χ0n) is 10.3. The Balaban J connectivity index is 0.00000200. The Bertz CT molecular complexity index is 507. The Morgan fingerprint density at radius 1 is 1.35 bits per heavy atom. The molecule has 8 heteroatoms. The molecule has 1 aliphatic rings. The van der Waals surface area contributed by atoms with E-state index in [-0.39, 0.29) is 25.0 Å². The Hall–Kier alpha value is -1.34. The zero-order valence-corrected chi connectivity index (χ0v) is 11.1. The average molecular weight is 313 g/mol. The van der Waals surface area contributed by atoms with Gasteiger partial charge in [0.15, 0.2) is 0 Å². The van der Waals surface area contributed by atoms with Crippen molar-refractivity contribution in [3.05, 3.63) is 35.1 Å². The standard InChI is InChI=1S/C12H12F4N2O.ClH/c13-10-2-1-7(12(14,15)16)5-9(10)11(19)18-4-3-8(17)6-18;/h1-2,5,8H,3-4,6,17H2;1H/t8-;/m1./s1. The number of hydrogen-bond acceptors (Lipinski definition) is 2. The number of benzene rings is 1. The fraction of sp³-hybridized carbons (Fsp3) is 0.417. The number of halogens is 5. The van der Waals surface area contributed by atoms with Crippen molar-refractivity contribution in [3.8, 4) is 0 Å². The average Bonchev–Trinajstić information content (AvgIpc) is 2.74. The van der Waals surface area contributed by atoms with Crippen molar-refractivity contribution in [1.82, 2.24) is 4.90 Å². The molecule has 0 saturated carbocycles. The summed E-state index contributed by atoms with van der Waals surface area (Å²) in [5.74, 6) is -1.71. The lowest BCUT2D eigenvalue weighted by molar-refractivity contribution is -0.137. The molecule has 2 rings (SSSR count). The van der Waals surface area contributed by atoms with Crippen molar-refractivity contribution in [2.75, 3.05) is 13.1 Å². The van der Waals surface area contributed by atoms with E-state index in [1.165, 1.54) is 4.90 Å². The van der Waals surface area contributed by atoms with Crippen LogP contribution < -0.4 is 5.73 Å². The number of likely N-dealkylation sites (tertiary alicyclic amines) is 1. The first-order valence-corrected chi connectivity index (χ1v) is 5.70. The van der Waals surface area contributed by atoms with E-state index in [9.17, 15) is 22.4 Å². The van der Waals surface area contributed by atoms with Gasteiger partial charge in [-0.15, -0.1) is 12.4 Å². The molecule has 20 heavy (non-hydrogen) atoms. The van der Waals surface area contributed by atoms with E-state index in [2.05, 4.69) is 0 Å². The molecule has 0 bridgehead atoms. The van der Waals surface area contributed by atoms with Crippen LogP contribution in [0, 0.1) is 5.82 Å². The summed E-state index contributed by atoms with van der Waals surface area (Å²) >= 11 is 0. The number of amides is 1. The van der Waals surface area contributed by atoms with Crippen LogP contribution in [0.3, 0.4) is 0 Å². The van der Waals surface area contributed by atoms with Crippen LogP contribution in [-0.4, -0.2) is 29.9 Å². The largest absolute Gasteiger partial charge is 0.416 e. The number of nitrogens with zero attached hydrogens (tertiary/aromatic N) is 1. The third-order valence-corrected chi connectivity index (χ3v) is 3.04. The molecule has 1 atom stereocenters. The minimum atomic E-state index is -4.61. The molecule has 3 nitrogen and oxygen atoms in total. The molecular weight excluding hydrogens is 300 g/mol. The van der Waals surface area contributed by atoms with E-state index >= 15 is 0 Å². The lowest BCUT2D eigenvalue weighted by Crippen LogP contribution is -2.32. The van der Waals surface area contributed by atoms with Crippen molar-refractivity contribution in [2.45, 2.75) is 18.6 Å². The van der Waals surface area contributed by atoms with Crippen LogP contribution in [0.4, 0.5) is 17.6 Å². The molecule has 1 aromatic carbocycles. The van der Waals surface area contributed by atoms with Crippen molar-refractivity contribution in [3.63, 3.8) is 0 Å². The maximum absolute atomic E-state index is 13.5. The molecular formula is C12H13ClF4N2O. The van der Waals surface area contributed by atoms with Crippen LogP contribution in [0.25, 0.3) is 0 Å². The van der Waals surface area contributed by atoms with Gasteiger partial charge >= 0.3 is 6.18 Å². The molecule has 1 amide bonds. The van der Waals surface area contributed by atoms with E-state index in [4.69, 9.17) is 5.73 Å². The van der Waals surface area contributed by atoms with Crippen LogP contribution in [0.2, 0.25) is 0 Å². The highest BCUT2D eigenvalue weighted by molar-refractivity contribution is 5.95. The fourth-order valence-corrected chi connectivity index (χ4v) is 2.01. The normalized spacial score (nSPS) is 18.9. The van der Waals surface area contributed by atoms with Crippen molar-refractivity contribution < 1.29 is 22.4 Å². The van der Waals surface area contributed by atoms with Crippen molar-refractivity contribution in [2.24, 2.45) is 5.73 Å². The van der Waals surface area contributed by atoms with Gasteiger partial charge in [-0.05, 0) is 24.6 Å². The number of nitrogens with two attached hydrogens (primary N) is 1. The van der Waals surface area contributed by atoms with Crippen LogP contribution >= 0.6 is 12.4 Å². The molecule has 0 unspecified atom stereocenters. The van der Waals surface area contributed by atoms with Gasteiger partial charge in [-0.25, -0.2) is 4.39 Å². The van der Waals surface area contributed by atoms with Crippen LogP contribution in [0.15, 0.2) is 18.2 Å². The van der Waals surface area contributed by atoms with Gasteiger partial charge in [-0.1, -0.05) is 0 Å². The van der Waals surface area contributed by atoms with E-state index in [0.717, 1.165) is 0 Å². The predicted octanol–water partition coefficient (Wildman–Crippen LogP) is 2.44. The molecule has 1 aliphatic heterocycles. The predicted molar refractivity (Wildman–Crippen MR) is 67.1 cm³/mol. The Morgan fingerprint density at radius 3 is 2.50 bits per heavy atom. The molecule has 0 spiro atoms. The Kier molecular flexibility index (Phi) is 4.99. The van der Waals surface area contributed by atoms with Crippen LogP contribution in [0.5, 0.6) is 0 Å². The molecule has 1 saturated heterocycles. The number of alkyl halides is 3. The smallest absolute Gasteiger partial charge is 0.337 e. The lowest BCUT2D eigenvalue weighted by Gasteiger charge is -2.17. The van der Waals surface area contributed by atoms with Gasteiger partial charge in [0.1, 0.15) is 5.82 Å². The quantitative estimate of drug-likeness (QED) is 0.810. The van der Waals surface area contributed by atoms with Gasteiger partial charge in [0.25, 0.3) is 5.91 Å². The third-order valence-electron chi connectivity index (χ3n) is 3.04.